The van der Waals surface area contributed by atoms with E-state index >= 15 is 0 Å². The molecular formula is C23H23N3. The Labute approximate surface area is 154 Å². The number of nitrogens with zero attached hydrogens (tertiary/aromatic N) is 3. The number of nitriles is 1. The summed E-state index contributed by atoms with van der Waals surface area (Å²) >= 11 is 0. The summed E-state index contributed by atoms with van der Waals surface area (Å²) in [5.41, 5.74) is 2.54. The van der Waals surface area contributed by atoms with Gasteiger partial charge in [0.1, 0.15) is 6.07 Å². The predicted octanol–water partition coefficient (Wildman–Crippen LogP) is 5.34. The minimum atomic E-state index is 0.0731. The van der Waals surface area contributed by atoms with Gasteiger partial charge in [0.15, 0.2) is 0 Å². The standard InChI is InChI=1S/C23H23N3/c24-17-22-25-16-12-21(26-22)23(13-4-1-5-14-23)15-11-19-9-6-8-18-7-2-3-10-20(18)19/h2-3,6-10,12,16H,1,4-5,11,13-15H2. The lowest BCUT2D eigenvalue weighted by atomic mass is 9.68. The summed E-state index contributed by atoms with van der Waals surface area (Å²) in [5.74, 6) is 0.289. The van der Waals surface area contributed by atoms with E-state index in [0.717, 1.165) is 31.4 Å². The summed E-state index contributed by atoms with van der Waals surface area (Å²) in [5, 5.41) is 11.8. The first-order valence-electron chi connectivity index (χ1n) is 9.51. The highest BCUT2D eigenvalue weighted by Gasteiger charge is 2.35. The van der Waals surface area contributed by atoms with Crippen molar-refractivity contribution in [1.29, 1.82) is 5.26 Å². The van der Waals surface area contributed by atoms with E-state index in [-0.39, 0.29) is 11.2 Å². The van der Waals surface area contributed by atoms with Crippen LogP contribution in [0.3, 0.4) is 0 Å². The van der Waals surface area contributed by atoms with E-state index in [2.05, 4.69) is 58.5 Å². The summed E-state index contributed by atoms with van der Waals surface area (Å²) in [6, 6.07) is 19.3. The number of aryl methyl sites for hydroxylation is 1. The van der Waals surface area contributed by atoms with E-state index in [0.29, 0.717) is 0 Å². The highest BCUT2D eigenvalue weighted by atomic mass is 14.9. The van der Waals surface area contributed by atoms with Gasteiger partial charge in [0, 0.05) is 11.6 Å². The summed E-state index contributed by atoms with van der Waals surface area (Å²) in [7, 11) is 0. The fourth-order valence-electron chi connectivity index (χ4n) is 4.46. The highest BCUT2D eigenvalue weighted by molar-refractivity contribution is 5.85. The molecule has 0 unspecified atom stereocenters. The quantitative estimate of drug-likeness (QED) is 0.644. The molecule has 1 aliphatic rings. The normalized spacial score (nSPS) is 16.3. The van der Waals surface area contributed by atoms with Gasteiger partial charge in [-0.3, -0.25) is 0 Å². The van der Waals surface area contributed by atoms with Crippen LogP contribution in [-0.2, 0) is 11.8 Å². The van der Waals surface area contributed by atoms with Crippen LogP contribution in [0, 0.1) is 11.3 Å². The van der Waals surface area contributed by atoms with Gasteiger partial charge >= 0.3 is 0 Å². The van der Waals surface area contributed by atoms with Crippen molar-refractivity contribution >= 4 is 10.8 Å². The van der Waals surface area contributed by atoms with E-state index in [1.165, 1.54) is 35.6 Å². The summed E-state index contributed by atoms with van der Waals surface area (Å²) in [4.78, 5) is 8.66. The minimum Gasteiger partial charge on any atom is -0.228 e. The number of rotatable bonds is 4. The van der Waals surface area contributed by atoms with Gasteiger partial charge < -0.3 is 0 Å². The van der Waals surface area contributed by atoms with Gasteiger partial charge in [-0.15, -0.1) is 0 Å². The zero-order valence-electron chi connectivity index (χ0n) is 15.0. The molecule has 3 aromatic rings. The van der Waals surface area contributed by atoms with Crippen LogP contribution in [0.25, 0.3) is 10.8 Å². The number of hydrogen-bond donors (Lipinski definition) is 0. The molecular weight excluding hydrogens is 318 g/mol. The number of fused-ring (bicyclic) bond motifs is 1. The van der Waals surface area contributed by atoms with E-state index in [1.807, 2.05) is 6.07 Å². The lowest BCUT2D eigenvalue weighted by molar-refractivity contribution is 0.267. The Morgan fingerprint density at radius 1 is 0.962 bits per heavy atom. The first kappa shape index (κ1) is 16.7. The molecule has 0 atom stereocenters. The third-order valence-electron chi connectivity index (χ3n) is 5.86. The monoisotopic (exact) mass is 341 g/mol. The maximum absolute atomic E-state index is 9.20. The van der Waals surface area contributed by atoms with Crippen molar-refractivity contribution in [2.24, 2.45) is 0 Å². The lowest BCUT2D eigenvalue weighted by Gasteiger charge is -2.37. The molecule has 3 heteroatoms. The van der Waals surface area contributed by atoms with Gasteiger partial charge in [-0.25, -0.2) is 9.97 Å². The van der Waals surface area contributed by atoms with Crippen molar-refractivity contribution in [2.45, 2.75) is 50.4 Å². The van der Waals surface area contributed by atoms with Gasteiger partial charge in [-0.2, -0.15) is 5.26 Å². The number of benzene rings is 2. The van der Waals surface area contributed by atoms with E-state index in [4.69, 9.17) is 0 Å². The van der Waals surface area contributed by atoms with Crippen LogP contribution in [0.1, 0.15) is 55.6 Å². The predicted molar refractivity (Wildman–Crippen MR) is 104 cm³/mol. The van der Waals surface area contributed by atoms with Crippen molar-refractivity contribution in [3.8, 4) is 6.07 Å². The third-order valence-corrected chi connectivity index (χ3v) is 5.86. The van der Waals surface area contributed by atoms with Gasteiger partial charge in [0.05, 0.1) is 5.69 Å². The molecule has 0 radical (unpaired) electrons. The highest BCUT2D eigenvalue weighted by Crippen LogP contribution is 2.42. The molecule has 1 saturated carbocycles. The van der Waals surface area contributed by atoms with Crippen molar-refractivity contribution < 1.29 is 0 Å². The molecule has 2 aromatic carbocycles. The second-order valence-corrected chi connectivity index (χ2v) is 7.36. The van der Waals surface area contributed by atoms with Crippen LogP contribution in [0.4, 0.5) is 0 Å². The van der Waals surface area contributed by atoms with Gasteiger partial charge in [0.2, 0.25) is 5.82 Å². The van der Waals surface area contributed by atoms with Crippen molar-refractivity contribution in [2.75, 3.05) is 0 Å². The Kier molecular flexibility index (Phi) is 4.67. The number of aromatic nitrogens is 2. The molecule has 0 N–H and O–H groups in total. The Balaban J connectivity index is 1.66. The molecule has 130 valence electrons. The van der Waals surface area contributed by atoms with Gasteiger partial charge in [-0.05, 0) is 48.1 Å². The van der Waals surface area contributed by atoms with E-state index in [1.54, 1.807) is 6.20 Å². The van der Waals surface area contributed by atoms with Crippen LogP contribution >= 0.6 is 0 Å². The zero-order chi connectivity index (χ0) is 17.8. The fraction of sp³-hybridized carbons (Fsp3) is 0.348. The minimum absolute atomic E-state index is 0.0731. The smallest absolute Gasteiger partial charge is 0.228 e. The maximum atomic E-state index is 9.20. The molecule has 0 saturated heterocycles. The van der Waals surface area contributed by atoms with Crippen LogP contribution in [-0.4, -0.2) is 9.97 Å². The largest absolute Gasteiger partial charge is 0.232 e. The Hall–Kier alpha value is -2.73. The van der Waals surface area contributed by atoms with Gasteiger partial charge in [0.25, 0.3) is 0 Å². The summed E-state index contributed by atoms with van der Waals surface area (Å²) in [6.45, 7) is 0. The van der Waals surface area contributed by atoms with Crippen LogP contribution in [0.5, 0.6) is 0 Å². The third kappa shape index (κ3) is 3.20. The van der Waals surface area contributed by atoms with Crippen LogP contribution in [0.2, 0.25) is 0 Å². The first-order chi connectivity index (χ1) is 12.8. The molecule has 1 aromatic heterocycles. The molecule has 0 bridgehead atoms. The summed E-state index contributed by atoms with van der Waals surface area (Å²) in [6.07, 6.45) is 9.93. The SMILES string of the molecule is N#Cc1nccc(C2(CCc3cccc4ccccc34)CCCCC2)n1. The Morgan fingerprint density at radius 2 is 1.77 bits per heavy atom. The molecule has 0 aliphatic heterocycles. The van der Waals surface area contributed by atoms with Crippen LogP contribution in [0.15, 0.2) is 54.7 Å². The molecule has 0 spiro atoms. The van der Waals surface area contributed by atoms with Crippen molar-refractivity contribution in [1.82, 2.24) is 9.97 Å². The molecule has 3 nitrogen and oxygen atoms in total. The molecule has 1 heterocycles. The summed E-state index contributed by atoms with van der Waals surface area (Å²) < 4.78 is 0. The second-order valence-electron chi connectivity index (χ2n) is 7.36. The van der Waals surface area contributed by atoms with E-state index in [9.17, 15) is 5.26 Å². The second kappa shape index (κ2) is 7.25. The molecule has 1 aliphatic carbocycles. The van der Waals surface area contributed by atoms with E-state index < -0.39 is 0 Å². The molecule has 4 rings (SSSR count). The topological polar surface area (TPSA) is 49.6 Å². The van der Waals surface area contributed by atoms with Crippen molar-refractivity contribution in [3.05, 3.63) is 71.8 Å². The van der Waals surface area contributed by atoms with Crippen LogP contribution < -0.4 is 0 Å². The van der Waals surface area contributed by atoms with Crippen molar-refractivity contribution in [3.63, 3.8) is 0 Å². The average Bonchev–Trinajstić information content (AvgIpc) is 2.73. The fourth-order valence-corrected chi connectivity index (χ4v) is 4.46. The molecule has 0 amide bonds. The molecule has 1 fully saturated rings. The Bertz CT molecular complexity index is 944. The Morgan fingerprint density at radius 3 is 2.62 bits per heavy atom. The number of hydrogen-bond acceptors (Lipinski definition) is 3. The first-order valence-corrected chi connectivity index (χ1v) is 9.51. The zero-order valence-corrected chi connectivity index (χ0v) is 15.0. The molecule has 26 heavy (non-hydrogen) atoms. The maximum Gasteiger partial charge on any atom is 0.232 e. The van der Waals surface area contributed by atoms with Gasteiger partial charge in [-0.1, -0.05) is 61.7 Å². The average molecular weight is 341 g/mol. The lowest BCUT2D eigenvalue weighted by Crippen LogP contribution is -2.31.